The van der Waals surface area contributed by atoms with E-state index in [4.69, 9.17) is 9.47 Å². The van der Waals surface area contributed by atoms with Gasteiger partial charge in [-0.1, -0.05) is 18.2 Å². The predicted octanol–water partition coefficient (Wildman–Crippen LogP) is 3.41. The Morgan fingerprint density at radius 3 is 2.04 bits per heavy atom. The average Bonchev–Trinajstić information content (AvgIpc) is 3.11. The summed E-state index contributed by atoms with van der Waals surface area (Å²) >= 11 is 0. The van der Waals surface area contributed by atoms with Crippen LogP contribution in [0.3, 0.4) is 0 Å². The molecule has 4 rings (SSSR count). The molecule has 1 aromatic carbocycles. The van der Waals surface area contributed by atoms with Gasteiger partial charge < -0.3 is 9.47 Å². The summed E-state index contributed by atoms with van der Waals surface area (Å²) < 4.78 is 10.9. The Morgan fingerprint density at radius 2 is 1.40 bits per heavy atom. The van der Waals surface area contributed by atoms with Gasteiger partial charge in [-0.25, -0.2) is 0 Å². The molecule has 1 aliphatic heterocycles. The molecule has 0 amide bonds. The molecule has 0 aliphatic carbocycles. The number of pyridine rings is 2. The molecule has 0 saturated carbocycles. The summed E-state index contributed by atoms with van der Waals surface area (Å²) in [6.07, 6.45) is 7.42. The van der Waals surface area contributed by atoms with Gasteiger partial charge in [0.2, 0.25) is 6.79 Å². The summed E-state index contributed by atoms with van der Waals surface area (Å²) in [6.45, 7) is 2.74. The van der Waals surface area contributed by atoms with Gasteiger partial charge in [-0.15, -0.1) is 0 Å². The normalized spacial score (nSPS) is 12.5. The lowest BCUT2D eigenvalue weighted by Gasteiger charge is -2.22. The lowest BCUT2D eigenvalue weighted by Crippen LogP contribution is -2.22. The van der Waals surface area contributed by atoms with E-state index in [2.05, 4.69) is 39.1 Å². The van der Waals surface area contributed by atoms with Crippen LogP contribution in [0.25, 0.3) is 0 Å². The zero-order valence-electron chi connectivity index (χ0n) is 13.8. The van der Waals surface area contributed by atoms with Gasteiger partial charge in [0.1, 0.15) is 0 Å². The van der Waals surface area contributed by atoms with Crippen molar-refractivity contribution in [2.75, 3.05) is 6.79 Å². The van der Waals surface area contributed by atoms with E-state index in [1.54, 1.807) is 12.4 Å². The number of hydrogen-bond acceptors (Lipinski definition) is 5. The molecule has 0 saturated heterocycles. The molecule has 0 spiro atoms. The van der Waals surface area contributed by atoms with Gasteiger partial charge in [0.25, 0.3) is 0 Å². The highest BCUT2D eigenvalue weighted by molar-refractivity contribution is 5.44. The summed E-state index contributed by atoms with van der Waals surface area (Å²) in [5.41, 5.74) is 3.57. The predicted molar refractivity (Wildman–Crippen MR) is 94.0 cm³/mol. The van der Waals surface area contributed by atoms with Crippen LogP contribution in [0.4, 0.5) is 0 Å². The van der Waals surface area contributed by atoms with Crippen LogP contribution in [-0.4, -0.2) is 21.7 Å². The molecule has 0 N–H and O–H groups in total. The van der Waals surface area contributed by atoms with Gasteiger partial charge in [0, 0.05) is 44.4 Å². The fourth-order valence-electron chi connectivity index (χ4n) is 2.96. The number of nitrogens with zero attached hydrogens (tertiary/aromatic N) is 3. The highest BCUT2D eigenvalue weighted by Crippen LogP contribution is 2.33. The number of rotatable bonds is 6. The Kier molecular flexibility index (Phi) is 4.57. The molecule has 0 atom stereocenters. The molecule has 5 nitrogen and oxygen atoms in total. The fraction of sp³-hybridized carbons (Fsp3) is 0.200. The van der Waals surface area contributed by atoms with Crippen molar-refractivity contribution in [3.63, 3.8) is 0 Å². The second kappa shape index (κ2) is 7.32. The Bertz CT molecular complexity index is 783. The second-order valence-corrected chi connectivity index (χ2v) is 6.06. The molecule has 126 valence electrons. The molecule has 2 aromatic heterocycles. The van der Waals surface area contributed by atoms with Gasteiger partial charge in [-0.2, -0.15) is 0 Å². The van der Waals surface area contributed by atoms with Crippen LogP contribution in [0.1, 0.15) is 16.7 Å². The van der Waals surface area contributed by atoms with Crippen LogP contribution in [0, 0.1) is 0 Å². The first kappa shape index (κ1) is 15.6. The van der Waals surface area contributed by atoms with Crippen molar-refractivity contribution in [3.05, 3.63) is 83.9 Å². The minimum absolute atomic E-state index is 0.299. The molecule has 25 heavy (non-hydrogen) atoms. The highest BCUT2D eigenvalue weighted by atomic mass is 16.7. The van der Waals surface area contributed by atoms with Gasteiger partial charge in [0.05, 0.1) is 0 Å². The van der Waals surface area contributed by atoms with Crippen LogP contribution in [0.15, 0.2) is 67.3 Å². The standard InChI is InChI=1S/C20H19N3O2/c1-3-17(10-21-7-1)13-23(14-18-4-2-8-22-11-18)12-16-5-6-19-20(9-16)25-15-24-19/h1-11H,12-15H2. The topological polar surface area (TPSA) is 47.5 Å². The Labute approximate surface area is 146 Å². The van der Waals surface area contributed by atoms with Crippen molar-refractivity contribution in [1.82, 2.24) is 14.9 Å². The number of ether oxygens (including phenoxy) is 2. The first-order valence-corrected chi connectivity index (χ1v) is 8.25. The van der Waals surface area contributed by atoms with Gasteiger partial charge >= 0.3 is 0 Å². The molecular formula is C20H19N3O2. The maximum Gasteiger partial charge on any atom is 0.231 e. The third kappa shape index (κ3) is 3.95. The summed E-state index contributed by atoms with van der Waals surface area (Å²) in [5.74, 6) is 1.63. The SMILES string of the molecule is c1cncc(CN(Cc2cccnc2)Cc2ccc3c(c2)OCO3)c1. The fourth-order valence-corrected chi connectivity index (χ4v) is 2.96. The van der Waals surface area contributed by atoms with Crippen LogP contribution >= 0.6 is 0 Å². The number of hydrogen-bond donors (Lipinski definition) is 0. The van der Waals surface area contributed by atoms with Crippen molar-refractivity contribution in [2.24, 2.45) is 0 Å². The summed E-state index contributed by atoms with van der Waals surface area (Å²) in [5, 5.41) is 0. The zero-order valence-corrected chi connectivity index (χ0v) is 13.8. The zero-order chi connectivity index (χ0) is 16.9. The van der Waals surface area contributed by atoms with Gasteiger partial charge in [-0.05, 0) is 41.0 Å². The molecule has 3 heterocycles. The van der Waals surface area contributed by atoms with E-state index in [0.717, 1.165) is 31.1 Å². The smallest absolute Gasteiger partial charge is 0.231 e. The number of fused-ring (bicyclic) bond motifs is 1. The summed E-state index contributed by atoms with van der Waals surface area (Å²) in [6, 6.07) is 14.3. The van der Waals surface area contributed by atoms with Crippen molar-refractivity contribution in [1.29, 1.82) is 0 Å². The van der Waals surface area contributed by atoms with Gasteiger partial charge in [-0.3, -0.25) is 14.9 Å². The van der Waals surface area contributed by atoms with Crippen LogP contribution in [0.5, 0.6) is 11.5 Å². The molecule has 1 aliphatic rings. The quantitative estimate of drug-likeness (QED) is 0.692. The Morgan fingerprint density at radius 1 is 0.760 bits per heavy atom. The first-order valence-electron chi connectivity index (χ1n) is 8.25. The highest BCUT2D eigenvalue weighted by Gasteiger charge is 2.15. The molecule has 0 unspecified atom stereocenters. The third-order valence-electron chi connectivity index (χ3n) is 4.10. The maximum atomic E-state index is 5.50. The molecule has 3 aromatic rings. The molecular weight excluding hydrogens is 314 g/mol. The van der Waals surface area contributed by atoms with E-state index in [-0.39, 0.29) is 0 Å². The minimum atomic E-state index is 0.299. The summed E-state index contributed by atoms with van der Waals surface area (Å²) in [7, 11) is 0. The molecule has 0 radical (unpaired) electrons. The van der Waals surface area contributed by atoms with Crippen LogP contribution in [0.2, 0.25) is 0 Å². The largest absolute Gasteiger partial charge is 0.454 e. The first-order chi connectivity index (χ1) is 12.4. The minimum Gasteiger partial charge on any atom is -0.454 e. The second-order valence-electron chi connectivity index (χ2n) is 6.06. The van der Waals surface area contributed by atoms with Crippen molar-refractivity contribution in [3.8, 4) is 11.5 Å². The van der Waals surface area contributed by atoms with E-state index in [1.165, 1.54) is 16.7 Å². The molecule has 5 heteroatoms. The lowest BCUT2D eigenvalue weighted by atomic mass is 10.1. The Balaban J connectivity index is 1.54. The molecule has 0 fully saturated rings. The number of benzene rings is 1. The summed E-state index contributed by atoms with van der Waals surface area (Å²) in [4.78, 5) is 10.8. The molecule has 0 bridgehead atoms. The van der Waals surface area contributed by atoms with E-state index >= 15 is 0 Å². The lowest BCUT2D eigenvalue weighted by molar-refractivity contribution is 0.174. The van der Waals surface area contributed by atoms with Crippen molar-refractivity contribution < 1.29 is 9.47 Å². The maximum absolute atomic E-state index is 5.50. The van der Waals surface area contributed by atoms with E-state index < -0.39 is 0 Å². The third-order valence-corrected chi connectivity index (χ3v) is 4.10. The van der Waals surface area contributed by atoms with Gasteiger partial charge in [0.15, 0.2) is 11.5 Å². The number of aromatic nitrogens is 2. The van der Waals surface area contributed by atoms with E-state index in [9.17, 15) is 0 Å². The average molecular weight is 333 g/mol. The van der Waals surface area contributed by atoms with E-state index in [0.29, 0.717) is 6.79 Å². The monoisotopic (exact) mass is 333 g/mol. The van der Waals surface area contributed by atoms with E-state index in [1.807, 2.05) is 30.6 Å². The van der Waals surface area contributed by atoms with Crippen molar-refractivity contribution in [2.45, 2.75) is 19.6 Å². The van der Waals surface area contributed by atoms with Crippen LogP contribution in [-0.2, 0) is 19.6 Å². The van der Waals surface area contributed by atoms with Crippen molar-refractivity contribution >= 4 is 0 Å². The Hall–Kier alpha value is -2.92. The van der Waals surface area contributed by atoms with Crippen LogP contribution < -0.4 is 9.47 Å².